The van der Waals surface area contributed by atoms with Crippen LogP contribution >= 0.6 is 11.6 Å². The molecule has 0 aliphatic carbocycles. The van der Waals surface area contributed by atoms with Crippen molar-refractivity contribution in [3.63, 3.8) is 0 Å². The van der Waals surface area contributed by atoms with Crippen LogP contribution in [-0.2, 0) is 15.1 Å². The molecule has 31 heavy (non-hydrogen) atoms. The van der Waals surface area contributed by atoms with Crippen LogP contribution < -0.4 is 10.2 Å². The first-order valence-corrected chi connectivity index (χ1v) is 10.0. The molecule has 1 fully saturated rings. The number of urea groups is 1. The van der Waals surface area contributed by atoms with Crippen molar-refractivity contribution < 1.29 is 18.8 Å². The first-order valence-electron chi connectivity index (χ1n) is 9.66. The summed E-state index contributed by atoms with van der Waals surface area (Å²) in [5, 5.41) is 12.1. The summed E-state index contributed by atoms with van der Waals surface area (Å²) in [5.74, 6) is -1.90. The number of hydrogen-bond acceptors (Lipinski definition) is 4. The van der Waals surface area contributed by atoms with Gasteiger partial charge in [0.05, 0.1) is 18.2 Å². The van der Waals surface area contributed by atoms with Gasteiger partial charge in [-0.2, -0.15) is 5.26 Å². The number of nitriles is 1. The number of carbonyl (C=O) groups is 3. The van der Waals surface area contributed by atoms with Crippen LogP contribution in [-0.4, -0.2) is 35.8 Å². The molecule has 1 saturated heterocycles. The first-order chi connectivity index (χ1) is 14.8. The fourth-order valence-electron chi connectivity index (χ4n) is 3.58. The number of para-hydroxylation sites is 1. The molecule has 7 nitrogen and oxygen atoms in total. The molecule has 2 aromatic carbocycles. The maximum atomic E-state index is 14.3. The monoisotopic (exact) mass is 442 g/mol. The van der Waals surface area contributed by atoms with Gasteiger partial charge in [0.25, 0.3) is 5.91 Å². The molecule has 0 spiro atoms. The number of nitrogens with zero attached hydrogens (tertiary/aromatic N) is 3. The minimum Gasteiger partial charge on any atom is -0.319 e. The van der Waals surface area contributed by atoms with Gasteiger partial charge in [0.1, 0.15) is 17.9 Å². The van der Waals surface area contributed by atoms with E-state index in [1.807, 2.05) is 6.07 Å². The van der Waals surface area contributed by atoms with Gasteiger partial charge in [-0.05, 0) is 36.2 Å². The van der Waals surface area contributed by atoms with E-state index in [0.717, 1.165) is 9.80 Å². The number of halogens is 2. The Morgan fingerprint density at radius 1 is 1.23 bits per heavy atom. The third-order valence-corrected chi connectivity index (χ3v) is 5.48. The lowest BCUT2D eigenvalue weighted by Crippen LogP contribution is -2.46. The van der Waals surface area contributed by atoms with E-state index < -0.39 is 35.7 Å². The molecule has 4 amide bonds. The van der Waals surface area contributed by atoms with Gasteiger partial charge in [-0.15, -0.1) is 0 Å². The van der Waals surface area contributed by atoms with Crippen molar-refractivity contribution in [1.82, 2.24) is 10.2 Å². The fraction of sp³-hybridized carbons (Fsp3) is 0.273. The molecule has 1 aliphatic heterocycles. The number of carbonyl (C=O) groups excluding carboxylic acids is 3. The molecule has 0 saturated carbocycles. The van der Waals surface area contributed by atoms with Crippen LogP contribution in [0.1, 0.15) is 25.3 Å². The summed E-state index contributed by atoms with van der Waals surface area (Å²) in [7, 11) is 0. The molecular weight excluding hydrogens is 423 g/mol. The van der Waals surface area contributed by atoms with Crippen LogP contribution in [0.5, 0.6) is 0 Å². The van der Waals surface area contributed by atoms with Crippen LogP contribution in [0, 0.1) is 17.1 Å². The summed E-state index contributed by atoms with van der Waals surface area (Å²) >= 11 is 5.93. The van der Waals surface area contributed by atoms with Crippen LogP contribution in [0.4, 0.5) is 14.9 Å². The number of nitrogens with one attached hydrogen (secondary N) is 1. The molecular formula is C22H20ClFN4O3. The molecule has 1 N–H and O–H groups in total. The normalized spacial score (nSPS) is 17.9. The zero-order valence-corrected chi connectivity index (χ0v) is 17.5. The summed E-state index contributed by atoms with van der Waals surface area (Å²) in [6, 6.07) is 13.3. The van der Waals surface area contributed by atoms with Crippen molar-refractivity contribution >= 4 is 35.1 Å². The summed E-state index contributed by atoms with van der Waals surface area (Å²) in [6.45, 7) is 1.09. The Bertz CT molecular complexity index is 1050. The second kappa shape index (κ2) is 9.14. The Hall–Kier alpha value is -3.44. The molecule has 0 radical (unpaired) electrons. The Kier molecular flexibility index (Phi) is 6.56. The molecule has 2 aromatic rings. The van der Waals surface area contributed by atoms with Gasteiger partial charge in [-0.25, -0.2) is 9.18 Å². The molecule has 1 heterocycles. The average molecular weight is 443 g/mol. The maximum absolute atomic E-state index is 14.3. The lowest BCUT2D eigenvalue weighted by atomic mass is 9.87. The van der Waals surface area contributed by atoms with E-state index in [-0.39, 0.29) is 25.1 Å². The van der Waals surface area contributed by atoms with E-state index in [1.54, 1.807) is 37.3 Å². The highest BCUT2D eigenvalue weighted by Crippen LogP contribution is 2.33. The lowest BCUT2D eigenvalue weighted by Gasteiger charge is -2.27. The second-order valence-corrected chi connectivity index (χ2v) is 7.43. The standard InChI is InChI=1S/C22H20ClFN4O3/c1-2-22(15-8-10-16(23)11-9-15)20(30)28(21(31)26-22)14-19(29)27(13-5-12-25)18-7-4-3-6-17(18)24/h3-4,6-11H,2,5,13-14H2,1H3,(H,26,31). The van der Waals surface area contributed by atoms with E-state index in [4.69, 9.17) is 16.9 Å². The number of hydrogen-bond donors (Lipinski definition) is 1. The Balaban J connectivity index is 1.88. The molecule has 160 valence electrons. The van der Waals surface area contributed by atoms with Crippen molar-refractivity contribution in [2.45, 2.75) is 25.3 Å². The summed E-state index contributed by atoms with van der Waals surface area (Å²) in [4.78, 5) is 40.8. The summed E-state index contributed by atoms with van der Waals surface area (Å²) < 4.78 is 14.3. The number of anilines is 1. The first kappa shape index (κ1) is 22.2. The Labute approximate surface area is 184 Å². The van der Waals surface area contributed by atoms with Crippen LogP contribution in [0.2, 0.25) is 5.02 Å². The molecule has 1 unspecified atom stereocenters. The number of benzene rings is 2. The molecule has 0 bridgehead atoms. The van der Waals surface area contributed by atoms with Crippen molar-refractivity contribution in [2.75, 3.05) is 18.0 Å². The van der Waals surface area contributed by atoms with E-state index in [9.17, 15) is 18.8 Å². The summed E-state index contributed by atoms with van der Waals surface area (Å²) in [5.41, 5.74) is -0.797. The second-order valence-electron chi connectivity index (χ2n) is 6.99. The zero-order valence-electron chi connectivity index (χ0n) is 16.8. The highest BCUT2D eigenvalue weighted by Gasteiger charge is 2.51. The smallest absolute Gasteiger partial charge is 0.319 e. The molecule has 9 heteroatoms. The zero-order chi connectivity index (χ0) is 22.6. The Morgan fingerprint density at radius 3 is 2.52 bits per heavy atom. The van der Waals surface area contributed by atoms with Gasteiger partial charge in [-0.3, -0.25) is 14.5 Å². The lowest BCUT2D eigenvalue weighted by molar-refractivity contribution is -0.134. The van der Waals surface area contributed by atoms with E-state index in [0.29, 0.717) is 10.6 Å². The molecule has 1 aliphatic rings. The third-order valence-electron chi connectivity index (χ3n) is 5.23. The van der Waals surface area contributed by atoms with Crippen LogP contribution in [0.25, 0.3) is 0 Å². The van der Waals surface area contributed by atoms with Crippen molar-refractivity contribution in [3.05, 3.63) is 64.9 Å². The average Bonchev–Trinajstić information content (AvgIpc) is 3.00. The van der Waals surface area contributed by atoms with Gasteiger partial charge in [0, 0.05) is 11.6 Å². The number of imide groups is 1. The minimum absolute atomic E-state index is 0.0192. The Morgan fingerprint density at radius 2 is 1.90 bits per heavy atom. The van der Waals surface area contributed by atoms with Gasteiger partial charge in [-0.1, -0.05) is 42.8 Å². The van der Waals surface area contributed by atoms with Crippen LogP contribution in [0.3, 0.4) is 0 Å². The van der Waals surface area contributed by atoms with Crippen molar-refractivity contribution in [3.8, 4) is 6.07 Å². The van der Waals surface area contributed by atoms with Crippen molar-refractivity contribution in [1.29, 1.82) is 5.26 Å². The molecule has 0 aromatic heterocycles. The minimum atomic E-state index is -1.32. The SMILES string of the molecule is CCC1(c2ccc(Cl)cc2)NC(=O)N(CC(=O)N(CCC#N)c2ccccc2F)C1=O. The highest BCUT2D eigenvalue weighted by atomic mass is 35.5. The van der Waals surface area contributed by atoms with Gasteiger partial charge in [0.2, 0.25) is 5.91 Å². The van der Waals surface area contributed by atoms with E-state index in [2.05, 4.69) is 5.32 Å². The van der Waals surface area contributed by atoms with Gasteiger partial charge < -0.3 is 10.2 Å². The predicted octanol–water partition coefficient (Wildman–Crippen LogP) is 3.58. The fourth-order valence-corrected chi connectivity index (χ4v) is 3.70. The van der Waals surface area contributed by atoms with Gasteiger partial charge in [0.15, 0.2) is 0 Å². The number of rotatable bonds is 7. The topological polar surface area (TPSA) is 93.5 Å². The quantitative estimate of drug-likeness (QED) is 0.663. The van der Waals surface area contributed by atoms with E-state index in [1.165, 1.54) is 18.2 Å². The summed E-state index contributed by atoms with van der Waals surface area (Å²) in [6.07, 6.45) is 0.221. The largest absolute Gasteiger partial charge is 0.325 e. The third kappa shape index (κ3) is 4.23. The van der Waals surface area contributed by atoms with Crippen LogP contribution in [0.15, 0.2) is 48.5 Å². The molecule has 1 atom stereocenters. The predicted molar refractivity (Wildman–Crippen MR) is 113 cm³/mol. The van der Waals surface area contributed by atoms with Crippen molar-refractivity contribution in [2.24, 2.45) is 0 Å². The number of amides is 4. The highest BCUT2D eigenvalue weighted by molar-refractivity contribution is 6.30. The van der Waals surface area contributed by atoms with E-state index >= 15 is 0 Å². The van der Waals surface area contributed by atoms with Gasteiger partial charge >= 0.3 is 6.03 Å². The maximum Gasteiger partial charge on any atom is 0.325 e. The molecule has 3 rings (SSSR count).